The third kappa shape index (κ3) is 0.909. The highest BCUT2D eigenvalue weighted by molar-refractivity contribution is 5.63. The average Bonchev–Trinajstić information content (AvgIpc) is 2.29. The average molecular weight is 162 g/mol. The third-order valence-corrected chi connectivity index (χ3v) is 2.81. The van der Waals surface area contributed by atoms with E-state index in [0.29, 0.717) is 12.0 Å². The molecular weight excluding hydrogens is 148 g/mol. The van der Waals surface area contributed by atoms with E-state index in [0.717, 1.165) is 0 Å². The minimum atomic E-state index is 0.530. The molecule has 2 aliphatic rings. The summed E-state index contributed by atoms with van der Waals surface area (Å²) in [6.45, 7) is 6.61. The Morgan fingerprint density at radius 2 is 2.08 bits per heavy atom. The maximum absolute atomic E-state index is 4.16. The number of nitrogens with zero attached hydrogens (tertiary/aromatic N) is 2. The van der Waals surface area contributed by atoms with Gasteiger partial charge in [-0.1, -0.05) is 12.5 Å². The lowest BCUT2D eigenvalue weighted by Crippen LogP contribution is -2.32. The van der Waals surface area contributed by atoms with Crippen molar-refractivity contribution in [1.82, 2.24) is 4.90 Å². The van der Waals surface area contributed by atoms with Gasteiger partial charge in [0.1, 0.15) is 0 Å². The summed E-state index contributed by atoms with van der Waals surface area (Å²) in [6, 6.07) is 0.530. The SMILES string of the molecule is CC1=CN2C=NC=C(C)C2C1C. The molecule has 0 saturated carbocycles. The molecule has 0 saturated heterocycles. The van der Waals surface area contributed by atoms with Gasteiger partial charge in [-0.3, -0.25) is 0 Å². The van der Waals surface area contributed by atoms with Crippen molar-refractivity contribution < 1.29 is 0 Å². The van der Waals surface area contributed by atoms with Crippen LogP contribution in [0.2, 0.25) is 0 Å². The van der Waals surface area contributed by atoms with E-state index in [1.54, 1.807) is 0 Å². The third-order valence-electron chi connectivity index (χ3n) is 2.81. The first kappa shape index (κ1) is 7.59. The molecule has 2 heterocycles. The number of hydrogen-bond acceptors (Lipinski definition) is 2. The van der Waals surface area contributed by atoms with Gasteiger partial charge in [0.25, 0.3) is 0 Å². The maximum atomic E-state index is 4.16. The molecule has 0 aromatic heterocycles. The molecule has 0 aromatic carbocycles. The van der Waals surface area contributed by atoms with Crippen molar-refractivity contribution in [2.45, 2.75) is 26.8 Å². The predicted octanol–water partition coefficient (Wildman–Crippen LogP) is 2.16. The first-order valence-electron chi connectivity index (χ1n) is 4.36. The zero-order valence-corrected chi connectivity index (χ0v) is 7.78. The molecule has 12 heavy (non-hydrogen) atoms. The van der Waals surface area contributed by atoms with Crippen LogP contribution in [0.15, 0.2) is 28.5 Å². The van der Waals surface area contributed by atoms with E-state index in [1.807, 2.05) is 12.5 Å². The second-order valence-electron chi connectivity index (χ2n) is 3.69. The van der Waals surface area contributed by atoms with Gasteiger partial charge in [-0.15, -0.1) is 0 Å². The lowest BCUT2D eigenvalue weighted by atomic mass is 9.93. The molecule has 0 aromatic rings. The molecule has 2 aliphatic heterocycles. The Morgan fingerprint density at radius 1 is 1.33 bits per heavy atom. The summed E-state index contributed by atoms with van der Waals surface area (Å²) in [6.07, 6.45) is 6.06. The Balaban J connectivity index is 2.34. The molecule has 2 nitrogen and oxygen atoms in total. The van der Waals surface area contributed by atoms with Crippen LogP contribution in [0.4, 0.5) is 0 Å². The van der Waals surface area contributed by atoms with E-state index in [1.165, 1.54) is 11.1 Å². The molecule has 64 valence electrons. The Hall–Kier alpha value is -1.05. The Morgan fingerprint density at radius 3 is 2.75 bits per heavy atom. The highest BCUT2D eigenvalue weighted by Crippen LogP contribution is 2.32. The molecule has 0 spiro atoms. The van der Waals surface area contributed by atoms with Crippen molar-refractivity contribution in [3.8, 4) is 0 Å². The van der Waals surface area contributed by atoms with Crippen LogP contribution >= 0.6 is 0 Å². The minimum Gasteiger partial charge on any atom is -0.331 e. The quantitative estimate of drug-likeness (QED) is 0.533. The second-order valence-corrected chi connectivity index (χ2v) is 3.69. The lowest BCUT2D eigenvalue weighted by Gasteiger charge is -2.27. The van der Waals surface area contributed by atoms with Crippen LogP contribution in [0.5, 0.6) is 0 Å². The molecule has 0 fully saturated rings. The zero-order valence-electron chi connectivity index (χ0n) is 7.78. The number of aliphatic imine (C=N–C) groups is 1. The van der Waals surface area contributed by atoms with Gasteiger partial charge >= 0.3 is 0 Å². The van der Waals surface area contributed by atoms with Gasteiger partial charge < -0.3 is 4.90 Å². The van der Waals surface area contributed by atoms with Crippen LogP contribution in [0.25, 0.3) is 0 Å². The Kier molecular flexibility index (Phi) is 1.56. The molecule has 2 rings (SSSR count). The van der Waals surface area contributed by atoms with Crippen molar-refractivity contribution in [2.24, 2.45) is 10.9 Å². The Labute approximate surface area is 73.3 Å². The fraction of sp³-hybridized carbons (Fsp3) is 0.500. The van der Waals surface area contributed by atoms with E-state index in [2.05, 4.69) is 36.9 Å². The fourth-order valence-electron chi connectivity index (χ4n) is 1.98. The molecule has 0 radical (unpaired) electrons. The van der Waals surface area contributed by atoms with Crippen LogP contribution in [-0.2, 0) is 0 Å². The van der Waals surface area contributed by atoms with E-state index < -0.39 is 0 Å². The predicted molar refractivity (Wildman–Crippen MR) is 50.8 cm³/mol. The van der Waals surface area contributed by atoms with Gasteiger partial charge in [0, 0.05) is 18.3 Å². The van der Waals surface area contributed by atoms with Gasteiger partial charge in [-0.2, -0.15) is 0 Å². The normalized spacial score (nSPS) is 33.1. The summed E-state index contributed by atoms with van der Waals surface area (Å²) < 4.78 is 0. The van der Waals surface area contributed by atoms with Gasteiger partial charge in [0.2, 0.25) is 0 Å². The number of hydrogen-bond donors (Lipinski definition) is 0. The van der Waals surface area contributed by atoms with Crippen LogP contribution in [0.1, 0.15) is 20.8 Å². The summed E-state index contributed by atoms with van der Waals surface area (Å²) in [7, 11) is 0. The summed E-state index contributed by atoms with van der Waals surface area (Å²) in [5.74, 6) is 0.632. The van der Waals surface area contributed by atoms with Crippen molar-refractivity contribution in [2.75, 3.05) is 0 Å². The van der Waals surface area contributed by atoms with Crippen LogP contribution in [0, 0.1) is 5.92 Å². The van der Waals surface area contributed by atoms with E-state index in [-0.39, 0.29) is 0 Å². The van der Waals surface area contributed by atoms with Gasteiger partial charge in [0.15, 0.2) is 0 Å². The van der Waals surface area contributed by atoms with Gasteiger partial charge in [-0.05, 0) is 19.4 Å². The molecular formula is C10H14N2. The van der Waals surface area contributed by atoms with Crippen LogP contribution in [0.3, 0.4) is 0 Å². The fourth-order valence-corrected chi connectivity index (χ4v) is 1.98. The summed E-state index contributed by atoms with van der Waals surface area (Å²) >= 11 is 0. The molecule has 0 aliphatic carbocycles. The zero-order chi connectivity index (χ0) is 8.72. The smallest absolute Gasteiger partial charge is 0.0950 e. The topological polar surface area (TPSA) is 15.6 Å². The van der Waals surface area contributed by atoms with Gasteiger partial charge in [-0.25, -0.2) is 4.99 Å². The summed E-state index contributed by atoms with van der Waals surface area (Å²) in [5, 5.41) is 0. The number of fused-ring (bicyclic) bond motifs is 1. The lowest BCUT2D eigenvalue weighted by molar-refractivity contribution is 0.415. The molecule has 2 heteroatoms. The van der Waals surface area contributed by atoms with Crippen molar-refractivity contribution in [3.63, 3.8) is 0 Å². The molecule has 0 N–H and O–H groups in total. The van der Waals surface area contributed by atoms with E-state index in [9.17, 15) is 0 Å². The molecule has 2 atom stereocenters. The summed E-state index contributed by atoms with van der Waals surface area (Å²) in [4.78, 5) is 6.37. The van der Waals surface area contributed by atoms with Crippen molar-refractivity contribution in [1.29, 1.82) is 0 Å². The second kappa shape index (κ2) is 2.47. The standard InChI is InChI=1S/C10H14N2/c1-7-4-11-6-12-5-8(2)9(3)10(7)12/h4-6,9-10H,1-3H3. The molecule has 0 amide bonds. The maximum Gasteiger partial charge on any atom is 0.0950 e. The van der Waals surface area contributed by atoms with Crippen LogP contribution < -0.4 is 0 Å². The largest absolute Gasteiger partial charge is 0.331 e. The van der Waals surface area contributed by atoms with E-state index in [4.69, 9.17) is 0 Å². The van der Waals surface area contributed by atoms with Gasteiger partial charge in [0.05, 0.1) is 12.4 Å². The first-order chi connectivity index (χ1) is 5.70. The van der Waals surface area contributed by atoms with Crippen LogP contribution in [-0.4, -0.2) is 17.3 Å². The molecule has 0 bridgehead atoms. The highest BCUT2D eigenvalue weighted by Gasteiger charge is 2.31. The highest BCUT2D eigenvalue weighted by atomic mass is 15.2. The monoisotopic (exact) mass is 162 g/mol. The van der Waals surface area contributed by atoms with Crippen molar-refractivity contribution in [3.05, 3.63) is 23.5 Å². The Bertz CT molecular complexity index is 286. The number of rotatable bonds is 0. The minimum absolute atomic E-state index is 0.530. The summed E-state index contributed by atoms with van der Waals surface area (Å²) in [5.41, 5.74) is 2.80. The first-order valence-corrected chi connectivity index (χ1v) is 4.36. The molecule has 2 unspecified atom stereocenters. The van der Waals surface area contributed by atoms with E-state index >= 15 is 0 Å². The van der Waals surface area contributed by atoms with Crippen molar-refractivity contribution >= 4 is 6.34 Å².